The molecule has 0 aliphatic rings. The van der Waals surface area contributed by atoms with Crippen molar-refractivity contribution in [3.63, 3.8) is 0 Å². The SMILES string of the molecule is COC(=O)C(C)C(C)CC(C)C. The van der Waals surface area contributed by atoms with Crippen LogP contribution in [0.4, 0.5) is 0 Å². The van der Waals surface area contributed by atoms with E-state index in [9.17, 15) is 4.79 Å². The van der Waals surface area contributed by atoms with Gasteiger partial charge in [-0.3, -0.25) is 4.79 Å². The zero-order chi connectivity index (χ0) is 9.72. The first-order chi connectivity index (χ1) is 5.49. The monoisotopic (exact) mass is 172 g/mol. The summed E-state index contributed by atoms with van der Waals surface area (Å²) in [5.74, 6) is 0.991. The van der Waals surface area contributed by atoms with Crippen LogP contribution in [0.3, 0.4) is 0 Å². The fourth-order valence-electron chi connectivity index (χ4n) is 1.37. The molecule has 0 saturated heterocycles. The zero-order valence-corrected chi connectivity index (χ0v) is 8.76. The Morgan fingerprint density at radius 3 is 2.08 bits per heavy atom. The molecule has 0 rings (SSSR count). The molecule has 2 nitrogen and oxygen atoms in total. The predicted octanol–water partition coefficient (Wildman–Crippen LogP) is 2.48. The summed E-state index contributed by atoms with van der Waals surface area (Å²) in [5.41, 5.74) is 0. The lowest BCUT2D eigenvalue weighted by atomic mass is 9.88. The summed E-state index contributed by atoms with van der Waals surface area (Å²) in [6.45, 7) is 8.36. The van der Waals surface area contributed by atoms with E-state index in [0.717, 1.165) is 6.42 Å². The van der Waals surface area contributed by atoms with E-state index in [2.05, 4.69) is 25.5 Å². The number of carbonyl (C=O) groups excluding carboxylic acids is 1. The molecule has 0 aliphatic carbocycles. The third kappa shape index (κ3) is 3.74. The molecule has 0 radical (unpaired) electrons. The van der Waals surface area contributed by atoms with Gasteiger partial charge in [0, 0.05) is 0 Å². The van der Waals surface area contributed by atoms with Crippen LogP contribution in [-0.4, -0.2) is 13.1 Å². The van der Waals surface area contributed by atoms with E-state index in [1.807, 2.05) is 6.92 Å². The molecule has 0 aromatic carbocycles. The molecule has 0 aromatic heterocycles. The van der Waals surface area contributed by atoms with Gasteiger partial charge in [-0.1, -0.05) is 27.7 Å². The second-order valence-corrected chi connectivity index (χ2v) is 3.92. The summed E-state index contributed by atoms with van der Waals surface area (Å²) in [6.07, 6.45) is 1.08. The van der Waals surface area contributed by atoms with Crippen LogP contribution in [0.25, 0.3) is 0 Å². The van der Waals surface area contributed by atoms with E-state index in [1.165, 1.54) is 7.11 Å². The number of rotatable bonds is 4. The highest BCUT2D eigenvalue weighted by atomic mass is 16.5. The Hall–Kier alpha value is -0.530. The fourth-order valence-corrected chi connectivity index (χ4v) is 1.37. The van der Waals surface area contributed by atoms with Gasteiger partial charge >= 0.3 is 5.97 Å². The summed E-state index contributed by atoms with van der Waals surface area (Å²) in [5, 5.41) is 0. The first kappa shape index (κ1) is 11.5. The van der Waals surface area contributed by atoms with Gasteiger partial charge in [0.2, 0.25) is 0 Å². The maximum Gasteiger partial charge on any atom is 0.308 e. The Kier molecular flexibility index (Phi) is 4.95. The van der Waals surface area contributed by atoms with E-state index in [0.29, 0.717) is 11.8 Å². The number of esters is 1. The quantitative estimate of drug-likeness (QED) is 0.609. The van der Waals surface area contributed by atoms with E-state index in [1.54, 1.807) is 0 Å². The molecule has 0 bridgehead atoms. The third-order valence-electron chi connectivity index (χ3n) is 2.27. The number of methoxy groups -OCH3 is 1. The van der Waals surface area contributed by atoms with Crippen LogP contribution < -0.4 is 0 Å². The first-order valence-corrected chi connectivity index (χ1v) is 4.56. The van der Waals surface area contributed by atoms with Gasteiger partial charge in [-0.2, -0.15) is 0 Å². The van der Waals surface area contributed by atoms with Crippen molar-refractivity contribution in [2.45, 2.75) is 34.1 Å². The molecule has 72 valence electrons. The second-order valence-electron chi connectivity index (χ2n) is 3.92. The minimum atomic E-state index is -0.0943. The Bertz CT molecular complexity index is 141. The molecule has 12 heavy (non-hydrogen) atoms. The van der Waals surface area contributed by atoms with Crippen LogP contribution in [0.2, 0.25) is 0 Å². The van der Waals surface area contributed by atoms with Crippen molar-refractivity contribution in [2.75, 3.05) is 7.11 Å². The Morgan fingerprint density at radius 1 is 1.25 bits per heavy atom. The molecule has 0 aromatic rings. The summed E-state index contributed by atoms with van der Waals surface area (Å²) < 4.78 is 4.68. The van der Waals surface area contributed by atoms with E-state index >= 15 is 0 Å². The predicted molar refractivity (Wildman–Crippen MR) is 49.8 cm³/mol. The molecule has 0 amide bonds. The van der Waals surface area contributed by atoms with Crippen LogP contribution in [0, 0.1) is 17.8 Å². The van der Waals surface area contributed by atoms with Crippen LogP contribution in [-0.2, 0) is 9.53 Å². The molecule has 0 saturated carbocycles. The molecule has 2 heteroatoms. The van der Waals surface area contributed by atoms with Crippen molar-refractivity contribution < 1.29 is 9.53 Å². The van der Waals surface area contributed by atoms with Gasteiger partial charge in [-0.25, -0.2) is 0 Å². The number of carbonyl (C=O) groups is 1. The van der Waals surface area contributed by atoms with Crippen molar-refractivity contribution in [3.05, 3.63) is 0 Å². The highest BCUT2D eigenvalue weighted by Gasteiger charge is 2.21. The van der Waals surface area contributed by atoms with Gasteiger partial charge < -0.3 is 4.74 Å². The Labute approximate surface area is 75.3 Å². The molecule has 0 aliphatic heterocycles. The summed E-state index contributed by atoms with van der Waals surface area (Å²) >= 11 is 0. The lowest BCUT2D eigenvalue weighted by Crippen LogP contribution is -2.21. The molecule has 2 atom stereocenters. The normalized spacial score (nSPS) is 15.8. The maximum absolute atomic E-state index is 11.1. The van der Waals surface area contributed by atoms with Crippen molar-refractivity contribution in [1.29, 1.82) is 0 Å². The molecule has 0 heterocycles. The highest BCUT2D eigenvalue weighted by molar-refractivity contribution is 5.72. The van der Waals surface area contributed by atoms with E-state index < -0.39 is 0 Å². The molecular weight excluding hydrogens is 152 g/mol. The van der Waals surface area contributed by atoms with Crippen LogP contribution >= 0.6 is 0 Å². The number of hydrogen-bond donors (Lipinski definition) is 0. The van der Waals surface area contributed by atoms with Crippen LogP contribution in [0.15, 0.2) is 0 Å². The first-order valence-electron chi connectivity index (χ1n) is 4.56. The number of ether oxygens (including phenoxy) is 1. The van der Waals surface area contributed by atoms with Gasteiger partial charge in [-0.05, 0) is 18.3 Å². The number of hydrogen-bond acceptors (Lipinski definition) is 2. The average Bonchev–Trinajstić information content (AvgIpc) is 2.00. The van der Waals surface area contributed by atoms with Crippen molar-refractivity contribution in [3.8, 4) is 0 Å². The largest absolute Gasteiger partial charge is 0.469 e. The van der Waals surface area contributed by atoms with Gasteiger partial charge in [0.15, 0.2) is 0 Å². The fraction of sp³-hybridized carbons (Fsp3) is 0.900. The minimum Gasteiger partial charge on any atom is -0.469 e. The summed E-state index contributed by atoms with van der Waals surface area (Å²) in [6, 6.07) is 0. The van der Waals surface area contributed by atoms with Gasteiger partial charge in [0.05, 0.1) is 13.0 Å². The molecule has 0 fully saturated rings. The van der Waals surface area contributed by atoms with E-state index in [4.69, 9.17) is 0 Å². The smallest absolute Gasteiger partial charge is 0.308 e. The molecule has 0 spiro atoms. The second kappa shape index (κ2) is 5.18. The van der Waals surface area contributed by atoms with Crippen molar-refractivity contribution in [2.24, 2.45) is 17.8 Å². The minimum absolute atomic E-state index is 0.0254. The third-order valence-corrected chi connectivity index (χ3v) is 2.27. The molecular formula is C10H20O2. The van der Waals surface area contributed by atoms with Crippen LogP contribution in [0.1, 0.15) is 34.1 Å². The lowest BCUT2D eigenvalue weighted by Gasteiger charge is -2.19. The van der Waals surface area contributed by atoms with Crippen molar-refractivity contribution in [1.82, 2.24) is 0 Å². The maximum atomic E-state index is 11.1. The van der Waals surface area contributed by atoms with Gasteiger partial charge in [-0.15, -0.1) is 0 Å². The Balaban J connectivity index is 3.91. The Morgan fingerprint density at radius 2 is 1.75 bits per heavy atom. The zero-order valence-electron chi connectivity index (χ0n) is 8.76. The van der Waals surface area contributed by atoms with Crippen molar-refractivity contribution >= 4 is 5.97 Å². The topological polar surface area (TPSA) is 26.3 Å². The molecule has 0 N–H and O–H groups in total. The highest BCUT2D eigenvalue weighted by Crippen LogP contribution is 2.20. The average molecular weight is 172 g/mol. The van der Waals surface area contributed by atoms with Crippen LogP contribution in [0.5, 0.6) is 0 Å². The van der Waals surface area contributed by atoms with Gasteiger partial charge in [0.25, 0.3) is 0 Å². The summed E-state index contributed by atoms with van der Waals surface area (Å²) in [4.78, 5) is 11.1. The standard InChI is InChI=1S/C10H20O2/c1-7(2)6-8(3)9(4)10(11)12-5/h7-9H,6H2,1-5H3. The van der Waals surface area contributed by atoms with E-state index in [-0.39, 0.29) is 11.9 Å². The van der Waals surface area contributed by atoms with Gasteiger partial charge in [0.1, 0.15) is 0 Å². The lowest BCUT2D eigenvalue weighted by molar-refractivity contribution is -0.146. The molecule has 2 unspecified atom stereocenters. The summed E-state index contributed by atoms with van der Waals surface area (Å²) in [7, 11) is 1.45.